The Morgan fingerprint density at radius 3 is 2.36 bits per heavy atom. The number of alkyl carbamates (subject to hydrolysis) is 1. The third kappa shape index (κ3) is 8.43. The standard InChI is InChI=1S/C21H29BrN4O6S/c1-12(24-19(29)32-21(5,6)7)9-30-17-15(22)18(28)26(8-14(27)31-20(2,3)4)16(25-17)13-10-33-11-23-13/h10-12H,8-9H2,1-7H3,(H,24,29)/t12-/m1/s1. The van der Waals surface area contributed by atoms with Crippen molar-refractivity contribution in [3.63, 3.8) is 0 Å². The highest BCUT2D eigenvalue weighted by atomic mass is 79.9. The summed E-state index contributed by atoms with van der Waals surface area (Å²) in [6.45, 7) is 11.9. The van der Waals surface area contributed by atoms with Gasteiger partial charge >= 0.3 is 12.1 Å². The van der Waals surface area contributed by atoms with Crippen LogP contribution in [0.3, 0.4) is 0 Å². The molecule has 10 nitrogen and oxygen atoms in total. The minimum absolute atomic E-state index is 0.0151. The number of aromatic nitrogens is 3. The Hall–Kier alpha value is -2.47. The van der Waals surface area contributed by atoms with Crippen LogP contribution in [-0.2, 0) is 20.8 Å². The summed E-state index contributed by atoms with van der Waals surface area (Å²) in [5.74, 6) is -0.405. The van der Waals surface area contributed by atoms with Gasteiger partial charge in [0.15, 0.2) is 5.82 Å². The van der Waals surface area contributed by atoms with Gasteiger partial charge in [-0.2, -0.15) is 4.98 Å². The number of hydrogen-bond donors (Lipinski definition) is 1. The maximum atomic E-state index is 13.1. The lowest BCUT2D eigenvalue weighted by molar-refractivity contribution is -0.155. The van der Waals surface area contributed by atoms with E-state index in [1.807, 2.05) is 0 Å². The fourth-order valence-electron chi connectivity index (χ4n) is 2.53. The zero-order chi connectivity index (χ0) is 25.0. The number of esters is 1. The van der Waals surface area contributed by atoms with E-state index in [9.17, 15) is 14.4 Å². The number of hydrogen-bond acceptors (Lipinski definition) is 9. The van der Waals surface area contributed by atoms with E-state index in [4.69, 9.17) is 14.2 Å². The number of halogens is 1. The van der Waals surface area contributed by atoms with Crippen LogP contribution in [0.15, 0.2) is 20.2 Å². The van der Waals surface area contributed by atoms with Crippen molar-refractivity contribution in [2.75, 3.05) is 6.61 Å². The maximum Gasteiger partial charge on any atom is 0.407 e. The van der Waals surface area contributed by atoms with E-state index >= 15 is 0 Å². The molecule has 182 valence electrons. The fourth-order valence-corrected chi connectivity index (χ4v) is 3.48. The van der Waals surface area contributed by atoms with Crippen molar-refractivity contribution in [3.05, 3.63) is 25.7 Å². The first-order valence-electron chi connectivity index (χ1n) is 10.2. The Morgan fingerprint density at radius 2 is 1.82 bits per heavy atom. The van der Waals surface area contributed by atoms with Crippen LogP contribution in [0.25, 0.3) is 11.5 Å². The summed E-state index contributed by atoms with van der Waals surface area (Å²) in [5.41, 5.74) is 0.150. The number of carbonyl (C=O) groups excluding carboxylic acids is 2. The molecule has 0 radical (unpaired) electrons. The van der Waals surface area contributed by atoms with Crippen molar-refractivity contribution in [3.8, 4) is 17.4 Å². The molecule has 0 fully saturated rings. The molecule has 0 saturated heterocycles. The predicted molar refractivity (Wildman–Crippen MR) is 127 cm³/mol. The van der Waals surface area contributed by atoms with Gasteiger partial charge in [-0.15, -0.1) is 11.3 Å². The molecule has 0 aliphatic heterocycles. The van der Waals surface area contributed by atoms with Gasteiger partial charge in [0.2, 0.25) is 5.88 Å². The topological polar surface area (TPSA) is 122 Å². The van der Waals surface area contributed by atoms with Crippen LogP contribution in [0.2, 0.25) is 0 Å². The summed E-state index contributed by atoms with van der Waals surface area (Å²) in [6.07, 6.45) is -0.582. The van der Waals surface area contributed by atoms with Crippen LogP contribution >= 0.6 is 27.3 Å². The van der Waals surface area contributed by atoms with E-state index in [1.165, 1.54) is 15.9 Å². The molecular weight excluding hydrogens is 516 g/mol. The molecule has 0 saturated carbocycles. The Labute approximate surface area is 204 Å². The van der Waals surface area contributed by atoms with E-state index < -0.39 is 34.9 Å². The van der Waals surface area contributed by atoms with Gasteiger partial charge < -0.3 is 19.5 Å². The molecule has 2 aromatic heterocycles. The molecule has 0 spiro atoms. The van der Waals surface area contributed by atoms with Gasteiger partial charge in [-0.25, -0.2) is 9.78 Å². The normalized spacial score (nSPS) is 12.7. The average molecular weight is 545 g/mol. The van der Waals surface area contributed by atoms with Crippen molar-refractivity contribution in [2.45, 2.75) is 72.3 Å². The SMILES string of the molecule is C[C@H](COc1nc(-c2cscn2)n(CC(=O)OC(C)(C)C)c(=O)c1Br)NC(=O)OC(C)(C)C. The minimum Gasteiger partial charge on any atom is -0.474 e. The van der Waals surface area contributed by atoms with Crippen LogP contribution in [-0.4, -0.2) is 50.4 Å². The molecule has 2 rings (SSSR count). The fraction of sp³-hybridized carbons (Fsp3) is 0.571. The van der Waals surface area contributed by atoms with Gasteiger partial charge in [0, 0.05) is 5.38 Å². The van der Waals surface area contributed by atoms with Crippen LogP contribution in [0.5, 0.6) is 5.88 Å². The van der Waals surface area contributed by atoms with Crippen molar-refractivity contribution in [1.29, 1.82) is 0 Å². The largest absolute Gasteiger partial charge is 0.474 e. The molecule has 1 atom stereocenters. The highest BCUT2D eigenvalue weighted by Gasteiger charge is 2.24. The molecule has 0 aliphatic rings. The molecule has 0 aromatic carbocycles. The van der Waals surface area contributed by atoms with E-state index in [2.05, 4.69) is 31.2 Å². The third-order valence-corrected chi connectivity index (χ3v) is 4.95. The molecule has 1 N–H and O–H groups in total. The van der Waals surface area contributed by atoms with Crippen molar-refractivity contribution >= 4 is 39.3 Å². The molecule has 2 aromatic rings. The lowest BCUT2D eigenvalue weighted by Crippen LogP contribution is -2.40. The molecule has 33 heavy (non-hydrogen) atoms. The summed E-state index contributed by atoms with van der Waals surface area (Å²) >= 11 is 4.54. The van der Waals surface area contributed by atoms with E-state index in [0.717, 1.165) is 0 Å². The molecule has 12 heteroatoms. The Morgan fingerprint density at radius 1 is 1.18 bits per heavy atom. The van der Waals surface area contributed by atoms with Crippen LogP contribution in [0.4, 0.5) is 4.79 Å². The van der Waals surface area contributed by atoms with E-state index in [0.29, 0.717) is 5.69 Å². The monoisotopic (exact) mass is 544 g/mol. The summed E-state index contributed by atoms with van der Waals surface area (Å²) in [5, 5.41) is 4.36. The second-order valence-corrected chi connectivity index (χ2v) is 10.8. The van der Waals surface area contributed by atoms with E-state index in [1.54, 1.807) is 59.4 Å². The number of rotatable bonds is 7. The Bertz CT molecular complexity index is 1040. The van der Waals surface area contributed by atoms with Gasteiger partial charge in [-0.3, -0.25) is 14.2 Å². The second kappa shape index (κ2) is 10.6. The first-order valence-corrected chi connectivity index (χ1v) is 11.9. The molecule has 0 aliphatic carbocycles. The number of ether oxygens (including phenoxy) is 3. The number of nitrogens with one attached hydrogen (secondary N) is 1. The van der Waals surface area contributed by atoms with Crippen molar-refractivity contribution in [2.24, 2.45) is 0 Å². The van der Waals surface area contributed by atoms with E-state index in [-0.39, 0.29) is 29.3 Å². The van der Waals surface area contributed by atoms with Gasteiger partial charge in [-0.05, 0) is 64.4 Å². The zero-order valence-corrected chi connectivity index (χ0v) is 22.1. The van der Waals surface area contributed by atoms with Crippen LogP contribution < -0.4 is 15.6 Å². The number of amides is 1. The van der Waals surface area contributed by atoms with Gasteiger partial charge in [0.05, 0.1) is 11.6 Å². The van der Waals surface area contributed by atoms with Gasteiger partial charge in [-0.1, -0.05) is 0 Å². The summed E-state index contributed by atoms with van der Waals surface area (Å²) < 4.78 is 17.5. The maximum absolute atomic E-state index is 13.1. The lowest BCUT2D eigenvalue weighted by atomic mass is 10.2. The average Bonchev–Trinajstić information content (AvgIpc) is 3.16. The first kappa shape index (κ1) is 26.8. The van der Waals surface area contributed by atoms with Gasteiger partial charge in [0.25, 0.3) is 5.56 Å². The minimum atomic E-state index is -0.702. The summed E-state index contributed by atoms with van der Waals surface area (Å²) in [7, 11) is 0. The summed E-state index contributed by atoms with van der Waals surface area (Å²) in [4.78, 5) is 46.0. The molecule has 1 amide bonds. The van der Waals surface area contributed by atoms with Crippen molar-refractivity contribution in [1.82, 2.24) is 19.9 Å². The Kier molecular flexibility index (Phi) is 8.63. The third-order valence-electron chi connectivity index (χ3n) is 3.69. The Balaban J connectivity index is 2.26. The molecule has 0 bridgehead atoms. The zero-order valence-electron chi connectivity index (χ0n) is 19.7. The number of nitrogens with zero attached hydrogens (tertiary/aromatic N) is 3. The summed E-state index contributed by atoms with van der Waals surface area (Å²) in [6, 6.07) is -0.430. The molecule has 0 unspecified atom stereocenters. The first-order chi connectivity index (χ1) is 15.2. The molecule has 2 heterocycles. The van der Waals surface area contributed by atoms with Crippen molar-refractivity contribution < 1.29 is 23.8 Å². The quantitative estimate of drug-likeness (QED) is 0.522. The second-order valence-electron chi connectivity index (χ2n) is 9.26. The van der Waals surface area contributed by atoms with Crippen LogP contribution in [0, 0.1) is 0 Å². The smallest absolute Gasteiger partial charge is 0.407 e. The van der Waals surface area contributed by atoms with Gasteiger partial charge in [0.1, 0.15) is 34.5 Å². The number of thiazole rings is 1. The predicted octanol–water partition coefficient (Wildman–Crippen LogP) is 3.76. The highest BCUT2D eigenvalue weighted by molar-refractivity contribution is 9.10. The highest BCUT2D eigenvalue weighted by Crippen LogP contribution is 2.24. The lowest BCUT2D eigenvalue weighted by Gasteiger charge is -2.22. The molecular formula is C21H29BrN4O6S. The van der Waals surface area contributed by atoms with Crippen LogP contribution in [0.1, 0.15) is 48.5 Å². The number of carbonyl (C=O) groups is 2.